The van der Waals surface area contributed by atoms with Gasteiger partial charge in [-0.3, -0.25) is 9.59 Å². The van der Waals surface area contributed by atoms with E-state index in [2.05, 4.69) is 20.9 Å². The molecule has 0 saturated heterocycles. The third-order valence-electron chi connectivity index (χ3n) is 4.48. The fraction of sp³-hybridized carbons (Fsp3) is 0.238. The first-order valence-corrected chi connectivity index (χ1v) is 9.21. The summed E-state index contributed by atoms with van der Waals surface area (Å²) in [4.78, 5) is 25.0. The van der Waals surface area contributed by atoms with Crippen molar-refractivity contribution in [2.24, 2.45) is 0 Å². The number of carbonyl (C=O) groups is 2. The molecule has 0 aliphatic rings. The van der Waals surface area contributed by atoms with Crippen LogP contribution < -0.4 is 20.1 Å². The maximum absolute atomic E-state index is 12.7. The molecule has 0 unspecified atom stereocenters. The van der Waals surface area contributed by atoms with Gasteiger partial charge in [0.1, 0.15) is 18.0 Å². The van der Waals surface area contributed by atoms with E-state index in [0.717, 1.165) is 5.56 Å². The standard InChI is InChI=1S/C21H23N5O4/c1-13-5-7-15(8-6-13)22-19(27)12-26-14(2)20(24-25-26)21(28)23-17-11-16(29-3)9-10-18(17)30-4/h5-11H,12H2,1-4H3,(H,22,27)(H,23,28). The molecule has 0 radical (unpaired) electrons. The van der Waals surface area contributed by atoms with Gasteiger partial charge in [-0.1, -0.05) is 22.9 Å². The number of nitrogens with one attached hydrogen (secondary N) is 2. The third-order valence-corrected chi connectivity index (χ3v) is 4.48. The number of carbonyl (C=O) groups excluding carboxylic acids is 2. The van der Waals surface area contributed by atoms with Gasteiger partial charge in [-0.25, -0.2) is 4.68 Å². The van der Waals surface area contributed by atoms with Gasteiger partial charge >= 0.3 is 0 Å². The molecule has 3 rings (SSSR count). The van der Waals surface area contributed by atoms with Gasteiger partial charge in [0, 0.05) is 11.8 Å². The lowest BCUT2D eigenvalue weighted by atomic mass is 10.2. The van der Waals surface area contributed by atoms with Crippen LogP contribution in [0.4, 0.5) is 11.4 Å². The van der Waals surface area contributed by atoms with E-state index in [4.69, 9.17) is 9.47 Å². The summed E-state index contributed by atoms with van der Waals surface area (Å²) in [6, 6.07) is 12.5. The van der Waals surface area contributed by atoms with Crippen molar-refractivity contribution in [3.63, 3.8) is 0 Å². The summed E-state index contributed by atoms with van der Waals surface area (Å²) < 4.78 is 11.8. The van der Waals surface area contributed by atoms with Gasteiger partial charge in [-0.2, -0.15) is 0 Å². The van der Waals surface area contributed by atoms with Crippen molar-refractivity contribution in [1.82, 2.24) is 15.0 Å². The van der Waals surface area contributed by atoms with Crippen LogP contribution in [-0.2, 0) is 11.3 Å². The summed E-state index contributed by atoms with van der Waals surface area (Å²) in [7, 11) is 3.04. The molecule has 2 aromatic carbocycles. The van der Waals surface area contributed by atoms with E-state index in [9.17, 15) is 9.59 Å². The largest absolute Gasteiger partial charge is 0.497 e. The van der Waals surface area contributed by atoms with Gasteiger partial charge in [0.15, 0.2) is 5.69 Å². The number of aryl methyl sites for hydroxylation is 1. The zero-order valence-corrected chi connectivity index (χ0v) is 17.2. The van der Waals surface area contributed by atoms with Crippen molar-refractivity contribution < 1.29 is 19.1 Å². The molecule has 0 aliphatic carbocycles. The van der Waals surface area contributed by atoms with Crippen LogP contribution in [0.15, 0.2) is 42.5 Å². The van der Waals surface area contributed by atoms with Gasteiger partial charge in [-0.05, 0) is 38.1 Å². The number of methoxy groups -OCH3 is 2. The molecule has 0 spiro atoms. The Morgan fingerprint density at radius 2 is 1.73 bits per heavy atom. The number of anilines is 2. The Morgan fingerprint density at radius 1 is 1.00 bits per heavy atom. The monoisotopic (exact) mass is 409 g/mol. The maximum atomic E-state index is 12.7. The molecule has 3 aromatic rings. The second-order valence-electron chi connectivity index (χ2n) is 6.62. The molecule has 0 atom stereocenters. The fourth-order valence-electron chi connectivity index (χ4n) is 2.79. The molecule has 0 saturated carbocycles. The summed E-state index contributed by atoms with van der Waals surface area (Å²) in [5, 5.41) is 13.4. The number of aromatic nitrogens is 3. The molecule has 2 N–H and O–H groups in total. The summed E-state index contributed by atoms with van der Waals surface area (Å²) >= 11 is 0. The Kier molecular flexibility index (Phi) is 6.31. The average Bonchev–Trinajstić information content (AvgIpc) is 3.09. The molecule has 30 heavy (non-hydrogen) atoms. The van der Waals surface area contributed by atoms with E-state index in [1.54, 1.807) is 25.1 Å². The quantitative estimate of drug-likeness (QED) is 0.621. The molecule has 0 fully saturated rings. The number of ether oxygens (including phenoxy) is 2. The van der Waals surface area contributed by atoms with E-state index in [0.29, 0.717) is 28.6 Å². The van der Waals surface area contributed by atoms with Gasteiger partial charge in [-0.15, -0.1) is 5.10 Å². The minimum atomic E-state index is -0.468. The molecule has 0 bridgehead atoms. The van der Waals surface area contributed by atoms with Crippen LogP contribution in [0.25, 0.3) is 0 Å². The summed E-state index contributed by atoms with van der Waals surface area (Å²) in [6.45, 7) is 3.58. The Bertz CT molecular complexity index is 1060. The normalized spacial score (nSPS) is 10.4. The smallest absolute Gasteiger partial charge is 0.278 e. The summed E-state index contributed by atoms with van der Waals surface area (Å²) in [5.74, 6) is 0.309. The van der Waals surface area contributed by atoms with Crippen molar-refractivity contribution in [3.8, 4) is 11.5 Å². The van der Waals surface area contributed by atoms with Crippen LogP contribution >= 0.6 is 0 Å². The van der Waals surface area contributed by atoms with E-state index < -0.39 is 5.91 Å². The van der Waals surface area contributed by atoms with Crippen LogP contribution in [0.3, 0.4) is 0 Å². The highest BCUT2D eigenvalue weighted by Crippen LogP contribution is 2.29. The van der Waals surface area contributed by atoms with Crippen LogP contribution in [0.2, 0.25) is 0 Å². The first kappa shape index (κ1) is 20.8. The Hall–Kier alpha value is -3.88. The van der Waals surface area contributed by atoms with Crippen LogP contribution in [0, 0.1) is 13.8 Å². The van der Waals surface area contributed by atoms with Gasteiger partial charge in [0.05, 0.1) is 25.6 Å². The topological polar surface area (TPSA) is 107 Å². The lowest BCUT2D eigenvalue weighted by Crippen LogP contribution is -2.21. The van der Waals surface area contributed by atoms with Gasteiger partial charge in [0.2, 0.25) is 5.91 Å². The van der Waals surface area contributed by atoms with E-state index in [-0.39, 0.29) is 18.1 Å². The second kappa shape index (κ2) is 9.08. The second-order valence-corrected chi connectivity index (χ2v) is 6.62. The Morgan fingerprint density at radius 3 is 2.40 bits per heavy atom. The SMILES string of the molecule is COc1ccc(OC)c(NC(=O)c2nnn(CC(=O)Nc3ccc(C)cc3)c2C)c1. The zero-order valence-electron chi connectivity index (χ0n) is 17.2. The number of hydrogen-bond donors (Lipinski definition) is 2. The molecule has 1 heterocycles. The zero-order chi connectivity index (χ0) is 21.7. The van der Waals surface area contributed by atoms with E-state index in [1.165, 1.54) is 18.9 Å². The Balaban J connectivity index is 1.71. The number of hydrogen-bond acceptors (Lipinski definition) is 6. The van der Waals surface area contributed by atoms with Crippen LogP contribution in [0.1, 0.15) is 21.7 Å². The molecule has 2 amide bonds. The summed E-state index contributed by atoms with van der Waals surface area (Å²) in [5.41, 5.74) is 2.80. The fourth-order valence-corrected chi connectivity index (χ4v) is 2.79. The van der Waals surface area contributed by atoms with Crippen molar-refractivity contribution in [2.45, 2.75) is 20.4 Å². The molecule has 1 aromatic heterocycles. The first-order chi connectivity index (χ1) is 14.4. The Labute approximate surface area is 174 Å². The number of rotatable bonds is 7. The highest BCUT2D eigenvalue weighted by atomic mass is 16.5. The van der Waals surface area contributed by atoms with Crippen LogP contribution in [0.5, 0.6) is 11.5 Å². The molecule has 9 heteroatoms. The predicted octanol–water partition coefficient (Wildman–Crippen LogP) is 2.80. The lowest BCUT2D eigenvalue weighted by Gasteiger charge is -2.11. The van der Waals surface area contributed by atoms with Gasteiger partial charge in [0.25, 0.3) is 5.91 Å². The van der Waals surface area contributed by atoms with Crippen molar-refractivity contribution in [1.29, 1.82) is 0 Å². The van der Waals surface area contributed by atoms with Gasteiger partial charge < -0.3 is 20.1 Å². The van der Waals surface area contributed by atoms with E-state index in [1.807, 2.05) is 31.2 Å². The molecule has 156 valence electrons. The molecular formula is C21H23N5O4. The molecule has 0 aliphatic heterocycles. The molecule has 9 nitrogen and oxygen atoms in total. The van der Waals surface area contributed by atoms with Crippen molar-refractivity contribution >= 4 is 23.2 Å². The number of benzene rings is 2. The van der Waals surface area contributed by atoms with E-state index >= 15 is 0 Å². The number of nitrogens with zero attached hydrogens (tertiary/aromatic N) is 3. The van der Waals surface area contributed by atoms with Crippen molar-refractivity contribution in [3.05, 3.63) is 59.4 Å². The minimum absolute atomic E-state index is 0.0670. The predicted molar refractivity (Wildman–Crippen MR) is 112 cm³/mol. The highest BCUT2D eigenvalue weighted by molar-refractivity contribution is 6.04. The number of amides is 2. The highest BCUT2D eigenvalue weighted by Gasteiger charge is 2.19. The average molecular weight is 409 g/mol. The lowest BCUT2D eigenvalue weighted by molar-refractivity contribution is -0.117. The first-order valence-electron chi connectivity index (χ1n) is 9.21. The van der Waals surface area contributed by atoms with Crippen molar-refractivity contribution in [2.75, 3.05) is 24.9 Å². The van der Waals surface area contributed by atoms with Crippen LogP contribution in [-0.4, -0.2) is 41.0 Å². The maximum Gasteiger partial charge on any atom is 0.278 e. The third kappa shape index (κ3) is 4.75. The minimum Gasteiger partial charge on any atom is -0.497 e. The molecular weight excluding hydrogens is 386 g/mol. The summed E-state index contributed by atoms with van der Waals surface area (Å²) in [6.07, 6.45) is 0.